The van der Waals surface area contributed by atoms with E-state index in [-0.39, 0.29) is 10.6 Å². The van der Waals surface area contributed by atoms with Crippen LogP contribution in [0.2, 0.25) is 0 Å². The van der Waals surface area contributed by atoms with E-state index in [0.29, 0.717) is 11.8 Å². The van der Waals surface area contributed by atoms with Gasteiger partial charge in [-0.05, 0) is 50.0 Å². The summed E-state index contributed by atoms with van der Waals surface area (Å²) in [6, 6.07) is 5.37. The number of benzene rings is 1. The molecule has 0 radical (unpaired) electrons. The lowest BCUT2D eigenvalue weighted by Crippen LogP contribution is -2.40. The first-order valence-corrected chi connectivity index (χ1v) is 8.61. The van der Waals surface area contributed by atoms with Gasteiger partial charge < -0.3 is 9.84 Å². The van der Waals surface area contributed by atoms with Crippen LogP contribution >= 0.6 is 0 Å². The van der Waals surface area contributed by atoms with Gasteiger partial charge in [0.1, 0.15) is 0 Å². The zero-order valence-corrected chi connectivity index (χ0v) is 14.8. The van der Waals surface area contributed by atoms with Crippen molar-refractivity contribution in [3.8, 4) is 0 Å². The summed E-state index contributed by atoms with van der Waals surface area (Å²) in [6.07, 6.45) is 3.08. The fourth-order valence-corrected chi connectivity index (χ4v) is 3.60. The zero-order valence-electron chi connectivity index (χ0n) is 14.8. The van der Waals surface area contributed by atoms with Gasteiger partial charge in [-0.3, -0.25) is 15.0 Å². The fourth-order valence-electron chi connectivity index (χ4n) is 3.60. The molecule has 1 fully saturated rings. The van der Waals surface area contributed by atoms with Gasteiger partial charge in [-0.2, -0.15) is 0 Å². The van der Waals surface area contributed by atoms with Crippen molar-refractivity contribution < 1.29 is 14.8 Å². The van der Waals surface area contributed by atoms with Gasteiger partial charge in [0.15, 0.2) is 0 Å². The Bertz CT molecular complexity index is 564. The first-order chi connectivity index (χ1) is 11.4. The molecule has 0 spiro atoms. The summed E-state index contributed by atoms with van der Waals surface area (Å²) < 4.78 is 5.01. The highest BCUT2D eigenvalue weighted by Crippen LogP contribution is 2.31. The molecule has 1 aliphatic heterocycles. The number of likely N-dealkylation sites (tertiary alicyclic amines) is 1. The monoisotopic (exact) mass is 336 g/mol. The second-order valence-corrected chi connectivity index (χ2v) is 6.79. The van der Waals surface area contributed by atoms with E-state index < -0.39 is 6.41 Å². The summed E-state index contributed by atoms with van der Waals surface area (Å²) in [5, 5.41) is 21.0. The summed E-state index contributed by atoms with van der Waals surface area (Å²) in [5.41, 5.74) is 2.07. The van der Waals surface area contributed by atoms with Crippen molar-refractivity contribution in [2.75, 3.05) is 20.2 Å². The Morgan fingerprint density at radius 3 is 2.83 bits per heavy atom. The van der Waals surface area contributed by atoms with Crippen molar-refractivity contribution in [3.63, 3.8) is 0 Å². The molecule has 2 rings (SSSR count). The van der Waals surface area contributed by atoms with Crippen LogP contribution in [0.25, 0.3) is 0 Å². The molecule has 1 heterocycles. The largest absolute Gasteiger partial charge is 0.356 e. The number of rotatable bonds is 5. The van der Waals surface area contributed by atoms with Crippen LogP contribution in [0.5, 0.6) is 0 Å². The van der Waals surface area contributed by atoms with Crippen LogP contribution in [0, 0.1) is 28.9 Å². The lowest BCUT2D eigenvalue weighted by atomic mass is 9.81. The molecule has 1 aromatic rings. The maximum absolute atomic E-state index is 11.1. The first kappa shape index (κ1) is 18.8. The molecule has 6 heteroatoms. The van der Waals surface area contributed by atoms with Gasteiger partial charge >= 0.3 is 0 Å². The van der Waals surface area contributed by atoms with E-state index in [1.54, 1.807) is 12.1 Å². The second-order valence-electron chi connectivity index (χ2n) is 6.79. The van der Waals surface area contributed by atoms with Gasteiger partial charge in [0.25, 0.3) is 5.69 Å². The van der Waals surface area contributed by atoms with E-state index in [1.807, 2.05) is 17.9 Å². The molecule has 0 saturated carbocycles. The highest BCUT2D eigenvalue weighted by Gasteiger charge is 2.25. The Morgan fingerprint density at radius 2 is 2.17 bits per heavy atom. The maximum atomic E-state index is 11.1. The molecule has 6 nitrogen and oxygen atoms in total. The number of hydrogen-bond acceptors (Lipinski definition) is 5. The van der Waals surface area contributed by atoms with Crippen LogP contribution in [0.1, 0.15) is 37.3 Å². The summed E-state index contributed by atoms with van der Waals surface area (Å²) >= 11 is 0. The van der Waals surface area contributed by atoms with Crippen LogP contribution in [0.15, 0.2) is 18.2 Å². The fraction of sp³-hybridized carbons (Fsp3) is 0.667. The van der Waals surface area contributed by atoms with Gasteiger partial charge in [0.05, 0.1) is 4.92 Å². The van der Waals surface area contributed by atoms with Crippen molar-refractivity contribution in [2.24, 2.45) is 11.8 Å². The molecule has 0 aliphatic carbocycles. The third-order valence-electron chi connectivity index (χ3n) is 5.32. The minimum absolute atomic E-state index is 0.209. The van der Waals surface area contributed by atoms with Gasteiger partial charge in [0.2, 0.25) is 6.41 Å². The van der Waals surface area contributed by atoms with Crippen molar-refractivity contribution in [1.29, 1.82) is 0 Å². The van der Waals surface area contributed by atoms with Crippen molar-refractivity contribution >= 4 is 5.69 Å². The number of nitro groups is 1. The van der Waals surface area contributed by atoms with Crippen molar-refractivity contribution in [2.45, 2.75) is 45.9 Å². The van der Waals surface area contributed by atoms with E-state index in [9.17, 15) is 15.2 Å². The standard InChI is InChI=1S/C18H28N2O4/c1-13-9-11-19(18(21)24-3)10-5-7-15(13)12-16-6-4-8-17(14(16)2)20(22)23/h4,6,8,13,15,18,21H,5,7,9-12H2,1-3H3. The van der Waals surface area contributed by atoms with Crippen LogP contribution in [0.4, 0.5) is 5.69 Å². The van der Waals surface area contributed by atoms with E-state index >= 15 is 0 Å². The van der Waals surface area contributed by atoms with E-state index in [0.717, 1.165) is 49.9 Å². The van der Waals surface area contributed by atoms with Gasteiger partial charge in [-0.25, -0.2) is 0 Å². The van der Waals surface area contributed by atoms with E-state index in [1.165, 1.54) is 7.11 Å². The SMILES string of the molecule is COC(O)N1CCCC(Cc2cccc([N+](=O)[O-])c2C)C(C)CC1. The molecular formula is C18H28N2O4. The lowest BCUT2D eigenvalue weighted by Gasteiger charge is -2.33. The minimum Gasteiger partial charge on any atom is -0.356 e. The zero-order chi connectivity index (χ0) is 17.7. The number of hydrogen-bond donors (Lipinski definition) is 1. The molecule has 1 aliphatic rings. The molecule has 0 amide bonds. The molecule has 3 unspecified atom stereocenters. The van der Waals surface area contributed by atoms with Gasteiger partial charge in [-0.15, -0.1) is 0 Å². The molecule has 3 atom stereocenters. The topological polar surface area (TPSA) is 75.8 Å². The van der Waals surface area contributed by atoms with Crippen LogP contribution < -0.4 is 0 Å². The summed E-state index contributed by atoms with van der Waals surface area (Å²) in [7, 11) is 1.51. The number of aliphatic hydroxyl groups excluding tert-OH is 1. The molecule has 134 valence electrons. The molecule has 0 bridgehead atoms. The normalized spacial score (nSPS) is 24.2. The van der Waals surface area contributed by atoms with Crippen LogP contribution in [-0.2, 0) is 11.2 Å². The van der Waals surface area contributed by atoms with Crippen molar-refractivity contribution in [3.05, 3.63) is 39.4 Å². The number of ether oxygens (including phenoxy) is 1. The van der Waals surface area contributed by atoms with Gasteiger partial charge in [-0.1, -0.05) is 19.1 Å². The van der Waals surface area contributed by atoms with Crippen molar-refractivity contribution in [1.82, 2.24) is 4.90 Å². The predicted molar refractivity (Wildman–Crippen MR) is 92.6 cm³/mol. The average Bonchev–Trinajstić information content (AvgIpc) is 2.55. The molecule has 0 aromatic heterocycles. The Hall–Kier alpha value is -1.50. The molecule has 1 saturated heterocycles. The summed E-state index contributed by atoms with van der Waals surface area (Å²) in [6.45, 7) is 5.70. The quantitative estimate of drug-likeness (QED) is 0.508. The molecule has 1 aromatic carbocycles. The third-order valence-corrected chi connectivity index (χ3v) is 5.32. The smallest absolute Gasteiger partial charge is 0.272 e. The number of methoxy groups -OCH3 is 1. The molecule has 24 heavy (non-hydrogen) atoms. The summed E-state index contributed by atoms with van der Waals surface area (Å²) in [4.78, 5) is 12.8. The third kappa shape index (κ3) is 4.53. The maximum Gasteiger partial charge on any atom is 0.272 e. The van der Waals surface area contributed by atoms with E-state index in [2.05, 4.69) is 6.92 Å². The predicted octanol–water partition coefficient (Wildman–Crippen LogP) is 3.11. The van der Waals surface area contributed by atoms with Gasteiger partial charge in [0, 0.05) is 31.8 Å². The molecule has 1 N–H and O–H groups in total. The molecular weight excluding hydrogens is 308 g/mol. The van der Waals surface area contributed by atoms with Crippen LogP contribution in [-0.4, -0.2) is 41.5 Å². The average molecular weight is 336 g/mol. The summed E-state index contributed by atoms with van der Waals surface area (Å²) in [5.74, 6) is 1.00. The number of nitro benzene ring substituents is 1. The lowest BCUT2D eigenvalue weighted by molar-refractivity contribution is -0.385. The Kier molecular flexibility index (Phi) is 6.71. The second kappa shape index (κ2) is 8.55. The van der Waals surface area contributed by atoms with E-state index in [4.69, 9.17) is 4.74 Å². The number of aliphatic hydroxyl groups is 1. The highest BCUT2D eigenvalue weighted by molar-refractivity contribution is 5.44. The van der Waals surface area contributed by atoms with Crippen LogP contribution in [0.3, 0.4) is 0 Å². The highest BCUT2D eigenvalue weighted by atomic mass is 16.6. The first-order valence-electron chi connectivity index (χ1n) is 8.61. The number of nitrogens with zero attached hydrogens (tertiary/aromatic N) is 2. The Labute approximate surface area is 143 Å². The minimum atomic E-state index is -0.826. The Balaban J connectivity index is 2.06. The Morgan fingerprint density at radius 1 is 1.42 bits per heavy atom.